The lowest BCUT2D eigenvalue weighted by Gasteiger charge is -2.30. The molecule has 11 heavy (non-hydrogen) atoms. The second kappa shape index (κ2) is 2.47. The van der Waals surface area contributed by atoms with E-state index in [0.717, 1.165) is 11.1 Å². The minimum atomic E-state index is -1.09. The van der Waals surface area contributed by atoms with Gasteiger partial charge in [0.1, 0.15) is 11.7 Å². The van der Waals surface area contributed by atoms with Crippen molar-refractivity contribution in [3.8, 4) is 0 Å². The summed E-state index contributed by atoms with van der Waals surface area (Å²) in [6.45, 7) is 5.33. The summed E-state index contributed by atoms with van der Waals surface area (Å²) in [5.41, 5.74) is 0.718. The Labute approximate surface area is 66.9 Å². The SMILES string of the molecule is CC1=C[C@](C)(O)[C@H](O)C(C)=C1. The van der Waals surface area contributed by atoms with Gasteiger partial charge in [-0.1, -0.05) is 11.6 Å². The normalized spacial score (nSPS) is 38.1. The van der Waals surface area contributed by atoms with Crippen molar-refractivity contribution >= 4 is 0 Å². The number of hydrogen-bond acceptors (Lipinski definition) is 2. The van der Waals surface area contributed by atoms with Crippen LogP contribution in [0.25, 0.3) is 0 Å². The first-order valence-corrected chi connectivity index (χ1v) is 3.71. The van der Waals surface area contributed by atoms with Crippen LogP contribution in [0.2, 0.25) is 0 Å². The van der Waals surface area contributed by atoms with Crippen LogP contribution in [-0.4, -0.2) is 21.9 Å². The fraction of sp³-hybridized carbons (Fsp3) is 0.556. The predicted octanol–water partition coefficient (Wildman–Crippen LogP) is 1.00. The second-order valence-corrected chi connectivity index (χ2v) is 3.41. The van der Waals surface area contributed by atoms with E-state index in [2.05, 4.69) is 0 Å². The van der Waals surface area contributed by atoms with Gasteiger partial charge in [-0.3, -0.25) is 0 Å². The van der Waals surface area contributed by atoms with Gasteiger partial charge in [-0.05, 0) is 32.4 Å². The van der Waals surface area contributed by atoms with Crippen LogP contribution in [0.15, 0.2) is 23.3 Å². The third-order valence-electron chi connectivity index (χ3n) is 1.96. The molecular weight excluding hydrogens is 140 g/mol. The number of rotatable bonds is 0. The van der Waals surface area contributed by atoms with E-state index in [0.29, 0.717) is 0 Å². The first kappa shape index (κ1) is 8.50. The molecule has 1 aliphatic carbocycles. The van der Waals surface area contributed by atoms with Crippen molar-refractivity contribution in [1.82, 2.24) is 0 Å². The van der Waals surface area contributed by atoms with Gasteiger partial charge in [-0.2, -0.15) is 0 Å². The summed E-state index contributed by atoms with van der Waals surface area (Å²) < 4.78 is 0. The summed E-state index contributed by atoms with van der Waals surface area (Å²) in [5.74, 6) is 0. The van der Waals surface area contributed by atoms with Crippen molar-refractivity contribution in [3.05, 3.63) is 23.3 Å². The first-order valence-electron chi connectivity index (χ1n) is 3.71. The van der Waals surface area contributed by atoms with Gasteiger partial charge in [-0.25, -0.2) is 0 Å². The molecule has 0 aromatic heterocycles. The van der Waals surface area contributed by atoms with Crippen molar-refractivity contribution in [1.29, 1.82) is 0 Å². The molecule has 62 valence electrons. The molecule has 0 aliphatic heterocycles. The van der Waals surface area contributed by atoms with Crippen LogP contribution in [0.3, 0.4) is 0 Å². The highest BCUT2D eigenvalue weighted by Gasteiger charge is 2.31. The molecule has 0 aromatic carbocycles. The molecule has 1 rings (SSSR count). The highest BCUT2D eigenvalue weighted by molar-refractivity contribution is 5.34. The summed E-state index contributed by atoms with van der Waals surface area (Å²) in [5, 5.41) is 19.1. The summed E-state index contributed by atoms with van der Waals surface area (Å²) in [4.78, 5) is 0. The first-order chi connectivity index (χ1) is 4.93. The van der Waals surface area contributed by atoms with Crippen LogP contribution in [-0.2, 0) is 0 Å². The highest BCUT2D eigenvalue weighted by Crippen LogP contribution is 2.25. The van der Waals surface area contributed by atoms with Gasteiger partial charge in [0.25, 0.3) is 0 Å². The molecule has 2 N–H and O–H groups in total. The maximum absolute atomic E-state index is 9.62. The van der Waals surface area contributed by atoms with Crippen LogP contribution in [0.1, 0.15) is 20.8 Å². The van der Waals surface area contributed by atoms with E-state index in [-0.39, 0.29) is 0 Å². The molecule has 2 heteroatoms. The van der Waals surface area contributed by atoms with Crippen molar-refractivity contribution < 1.29 is 10.2 Å². The number of allylic oxidation sites excluding steroid dienone is 2. The molecule has 2 atom stereocenters. The smallest absolute Gasteiger partial charge is 0.110 e. The van der Waals surface area contributed by atoms with E-state index in [1.807, 2.05) is 19.9 Å². The molecule has 0 fully saturated rings. The third kappa shape index (κ3) is 1.52. The van der Waals surface area contributed by atoms with E-state index in [4.69, 9.17) is 0 Å². The summed E-state index contributed by atoms with van der Waals surface area (Å²) in [6, 6.07) is 0. The van der Waals surface area contributed by atoms with E-state index in [1.165, 1.54) is 0 Å². The zero-order chi connectivity index (χ0) is 8.65. The zero-order valence-corrected chi connectivity index (χ0v) is 7.13. The molecular formula is C9H14O2. The fourth-order valence-electron chi connectivity index (χ4n) is 1.48. The monoisotopic (exact) mass is 154 g/mol. The Kier molecular flexibility index (Phi) is 1.90. The van der Waals surface area contributed by atoms with Gasteiger partial charge >= 0.3 is 0 Å². The molecule has 0 unspecified atom stereocenters. The predicted molar refractivity (Wildman–Crippen MR) is 44.1 cm³/mol. The van der Waals surface area contributed by atoms with Crippen LogP contribution >= 0.6 is 0 Å². The Hall–Kier alpha value is -0.600. The van der Waals surface area contributed by atoms with Gasteiger partial charge in [0.15, 0.2) is 0 Å². The van der Waals surface area contributed by atoms with E-state index < -0.39 is 11.7 Å². The molecule has 2 nitrogen and oxygen atoms in total. The van der Waals surface area contributed by atoms with E-state index >= 15 is 0 Å². The summed E-state index contributed by atoms with van der Waals surface area (Å²) in [6.07, 6.45) is 2.79. The Morgan fingerprint density at radius 3 is 2.45 bits per heavy atom. The molecule has 0 spiro atoms. The Bertz CT molecular complexity index is 224. The minimum absolute atomic E-state index is 0.758. The average Bonchev–Trinajstić information content (AvgIpc) is 1.81. The maximum atomic E-state index is 9.62. The van der Waals surface area contributed by atoms with Crippen LogP contribution in [0.4, 0.5) is 0 Å². The molecule has 0 amide bonds. The van der Waals surface area contributed by atoms with Crippen LogP contribution in [0, 0.1) is 0 Å². The van der Waals surface area contributed by atoms with Gasteiger partial charge in [0.05, 0.1) is 0 Å². The van der Waals surface area contributed by atoms with E-state index in [1.54, 1.807) is 13.0 Å². The standard InChI is InChI=1S/C9H14O2/c1-6-4-7(2)8(10)9(3,11)5-6/h4-5,8,10-11H,1-3H3/t8-,9+/m1/s1. The molecule has 0 saturated heterocycles. The zero-order valence-electron chi connectivity index (χ0n) is 7.13. The molecule has 0 heterocycles. The number of hydrogen-bond donors (Lipinski definition) is 2. The fourth-order valence-corrected chi connectivity index (χ4v) is 1.48. The highest BCUT2D eigenvalue weighted by atomic mass is 16.3. The minimum Gasteiger partial charge on any atom is -0.385 e. The number of aliphatic hydroxyl groups is 2. The van der Waals surface area contributed by atoms with E-state index in [9.17, 15) is 10.2 Å². The average molecular weight is 154 g/mol. The van der Waals surface area contributed by atoms with Crippen molar-refractivity contribution in [3.63, 3.8) is 0 Å². The van der Waals surface area contributed by atoms with Gasteiger partial charge in [-0.15, -0.1) is 0 Å². The second-order valence-electron chi connectivity index (χ2n) is 3.41. The quantitative estimate of drug-likeness (QED) is 0.546. The van der Waals surface area contributed by atoms with Crippen molar-refractivity contribution in [2.45, 2.75) is 32.5 Å². The maximum Gasteiger partial charge on any atom is 0.110 e. The lowest BCUT2D eigenvalue weighted by atomic mass is 9.86. The molecule has 0 aromatic rings. The van der Waals surface area contributed by atoms with Crippen molar-refractivity contribution in [2.24, 2.45) is 0 Å². The van der Waals surface area contributed by atoms with Crippen LogP contribution in [0.5, 0.6) is 0 Å². The largest absolute Gasteiger partial charge is 0.385 e. The lowest BCUT2D eigenvalue weighted by molar-refractivity contribution is -0.00775. The van der Waals surface area contributed by atoms with Crippen LogP contribution < -0.4 is 0 Å². The number of aliphatic hydroxyl groups excluding tert-OH is 1. The van der Waals surface area contributed by atoms with Crippen molar-refractivity contribution in [2.75, 3.05) is 0 Å². The summed E-state index contributed by atoms with van der Waals surface area (Å²) in [7, 11) is 0. The molecule has 0 bridgehead atoms. The Balaban J connectivity index is 3.01. The Morgan fingerprint density at radius 2 is 2.00 bits per heavy atom. The molecule has 0 radical (unpaired) electrons. The van der Waals surface area contributed by atoms with Gasteiger partial charge in [0.2, 0.25) is 0 Å². The van der Waals surface area contributed by atoms with Gasteiger partial charge < -0.3 is 10.2 Å². The third-order valence-corrected chi connectivity index (χ3v) is 1.96. The summed E-state index contributed by atoms with van der Waals surface area (Å²) >= 11 is 0. The van der Waals surface area contributed by atoms with Gasteiger partial charge in [0, 0.05) is 0 Å². The topological polar surface area (TPSA) is 40.5 Å². The lowest BCUT2D eigenvalue weighted by Crippen LogP contribution is -2.39. The Morgan fingerprint density at radius 1 is 1.45 bits per heavy atom. The molecule has 0 saturated carbocycles. The molecule has 1 aliphatic rings.